The molecule has 0 radical (unpaired) electrons. The maximum atomic E-state index is 12.1. The Labute approximate surface area is 142 Å². The van der Waals surface area contributed by atoms with Crippen molar-refractivity contribution in [3.05, 3.63) is 40.5 Å². The number of rotatable bonds is 4. The third-order valence-corrected chi connectivity index (χ3v) is 4.35. The topological polar surface area (TPSA) is 78.1 Å². The molecule has 1 aliphatic heterocycles. The Hall–Kier alpha value is -2.15. The number of nitrogens with one attached hydrogen (secondary N) is 2. The number of H-pyrrole nitrogens is 1. The van der Waals surface area contributed by atoms with Gasteiger partial charge in [0.15, 0.2) is 0 Å². The second-order valence-electron chi connectivity index (χ2n) is 5.44. The Balaban J connectivity index is 1.59. The average Bonchev–Trinajstić information content (AvgIpc) is 3.24. The van der Waals surface area contributed by atoms with Crippen molar-refractivity contribution >= 4 is 27.7 Å². The van der Waals surface area contributed by atoms with E-state index in [1.54, 1.807) is 11.0 Å². The number of hydrogen-bond acceptors (Lipinski definition) is 3. The highest BCUT2D eigenvalue weighted by atomic mass is 79.9. The van der Waals surface area contributed by atoms with Gasteiger partial charge in [0.05, 0.1) is 12.2 Å². The highest BCUT2D eigenvalue weighted by molar-refractivity contribution is 9.10. The molecule has 0 spiro atoms. The van der Waals surface area contributed by atoms with E-state index in [0.717, 1.165) is 36.0 Å². The van der Waals surface area contributed by atoms with Crippen LogP contribution in [0, 0.1) is 0 Å². The standard InChI is InChI=1S/C16H17BrN4O2/c17-12-5-3-11(4-6-12)13-9-14(20-19-13)16(23)18-10-15(22)21-7-1-2-8-21/h3-6,9H,1-2,7-8,10H2,(H,18,23)(H,19,20). The molecule has 3 rings (SSSR count). The number of halogens is 1. The van der Waals surface area contributed by atoms with Gasteiger partial charge < -0.3 is 10.2 Å². The monoisotopic (exact) mass is 376 g/mol. The lowest BCUT2D eigenvalue weighted by Crippen LogP contribution is -2.38. The molecule has 2 aromatic rings. The van der Waals surface area contributed by atoms with Crippen LogP contribution < -0.4 is 5.32 Å². The lowest BCUT2D eigenvalue weighted by atomic mass is 10.1. The molecule has 7 heteroatoms. The summed E-state index contributed by atoms with van der Waals surface area (Å²) in [6.45, 7) is 1.59. The van der Waals surface area contributed by atoms with E-state index < -0.39 is 0 Å². The van der Waals surface area contributed by atoms with E-state index in [0.29, 0.717) is 11.4 Å². The first-order chi connectivity index (χ1) is 11.1. The zero-order chi connectivity index (χ0) is 16.2. The van der Waals surface area contributed by atoms with Crippen LogP contribution in [0.5, 0.6) is 0 Å². The number of aromatic nitrogens is 2. The van der Waals surface area contributed by atoms with Gasteiger partial charge in [-0.2, -0.15) is 5.10 Å². The maximum absolute atomic E-state index is 12.1. The minimum atomic E-state index is -0.326. The Morgan fingerprint density at radius 3 is 2.61 bits per heavy atom. The number of likely N-dealkylation sites (tertiary alicyclic amines) is 1. The minimum Gasteiger partial charge on any atom is -0.342 e. The van der Waals surface area contributed by atoms with Crippen molar-refractivity contribution in [3.63, 3.8) is 0 Å². The predicted molar refractivity (Wildman–Crippen MR) is 89.9 cm³/mol. The molecular weight excluding hydrogens is 360 g/mol. The fraction of sp³-hybridized carbons (Fsp3) is 0.312. The van der Waals surface area contributed by atoms with E-state index in [1.807, 2.05) is 24.3 Å². The van der Waals surface area contributed by atoms with Crippen LogP contribution in [-0.2, 0) is 4.79 Å². The summed E-state index contributed by atoms with van der Waals surface area (Å²) in [4.78, 5) is 25.8. The van der Waals surface area contributed by atoms with Gasteiger partial charge in [0.1, 0.15) is 5.69 Å². The number of carbonyl (C=O) groups excluding carboxylic acids is 2. The van der Waals surface area contributed by atoms with E-state index in [9.17, 15) is 9.59 Å². The first kappa shape index (κ1) is 15.7. The van der Waals surface area contributed by atoms with Gasteiger partial charge in [0.25, 0.3) is 5.91 Å². The van der Waals surface area contributed by atoms with Crippen LogP contribution in [0.3, 0.4) is 0 Å². The molecule has 0 unspecified atom stereocenters. The molecule has 1 saturated heterocycles. The Bertz CT molecular complexity index is 705. The highest BCUT2D eigenvalue weighted by Crippen LogP contribution is 2.20. The summed E-state index contributed by atoms with van der Waals surface area (Å²) in [5.41, 5.74) is 1.95. The molecule has 120 valence electrons. The normalized spacial score (nSPS) is 14.0. The predicted octanol–water partition coefficient (Wildman–Crippen LogP) is 2.19. The second-order valence-corrected chi connectivity index (χ2v) is 6.36. The highest BCUT2D eigenvalue weighted by Gasteiger charge is 2.19. The Kier molecular flexibility index (Phi) is 4.76. The van der Waals surface area contributed by atoms with E-state index in [4.69, 9.17) is 0 Å². The van der Waals surface area contributed by atoms with E-state index in [1.165, 1.54) is 0 Å². The van der Waals surface area contributed by atoms with Crippen LogP contribution in [0.25, 0.3) is 11.3 Å². The molecule has 2 heterocycles. The van der Waals surface area contributed by atoms with Gasteiger partial charge in [-0.05, 0) is 31.0 Å². The molecule has 6 nitrogen and oxygen atoms in total. The number of aromatic amines is 1. The minimum absolute atomic E-state index is 0.0193. The molecule has 0 bridgehead atoms. The zero-order valence-corrected chi connectivity index (χ0v) is 14.1. The molecule has 2 N–H and O–H groups in total. The van der Waals surface area contributed by atoms with E-state index in [2.05, 4.69) is 31.4 Å². The number of amides is 2. The average molecular weight is 377 g/mol. The van der Waals surface area contributed by atoms with Crippen LogP contribution in [0.1, 0.15) is 23.3 Å². The van der Waals surface area contributed by atoms with Gasteiger partial charge in [0, 0.05) is 23.1 Å². The van der Waals surface area contributed by atoms with Gasteiger partial charge in [-0.25, -0.2) is 0 Å². The summed E-state index contributed by atoms with van der Waals surface area (Å²) in [7, 11) is 0. The van der Waals surface area contributed by atoms with Gasteiger partial charge >= 0.3 is 0 Å². The summed E-state index contributed by atoms with van der Waals surface area (Å²) in [6.07, 6.45) is 2.08. The molecule has 1 aliphatic rings. The lowest BCUT2D eigenvalue weighted by molar-refractivity contribution is -0.129. The van der Waals surface area contributed by atoms with Crippen LogP contribution in [0.15, 0.2) is 34.8 Å². The molecule has 0 saturated carbocycles. The SMILES string of the molecule is O=C(NCC(=O)N1CCCC1)c1cc(-c2ccc(Br)cc2)n[nH]1. The van der Waals surface area contributed by atoms with Gasteiger partial charge in [-0.1, -0.05) is 28.1 Å². The van der Waals surface area contributed by atoms with Crippen LogP contribution in [0.2, 0.25) is 0 Å². The van der Waals surface area contributed by atoms with Gasteiger partial charge in [0.2, 0.25) is 5.91 Å². The quantitative estimate of drug-likeness (QED) is 0.858. The van der Waals surface area contributed by atoms with Gasteiger partial charge in [-0.15, -0.1) is 0 Å². The maximum Gasteiger partial charge on any atom is 0.269 e. The molecular formula is C16H17BrN4O2. The number of nitrogens with zero attached hydrogens (tertiary/aromatic N) is 2. The zero-order valence-electron chi connectivity index (χ0n) is 12.5. The first-order valence-corrected chi connectivity index (χ1v) is 8.30. The molecule has 23 heavy (non-hydrogen) atoms. The molecule has 1 aromatic carbocycles. The third kappa shape index (κ3) is 3.79. The summed E-state index contributed by atoms with van der Waals surface area (Å²) < 4.78 is 0.982. The van der Waals surface area contributed by atoms with Crippen molar-refractivity contribution in [2.24, 2.45) is 0 Å². The van der Waals surface area contributed by atoms with Crippen LogP contribution in [0.4, 0.5) is 0 Å². The molecule has 1 fully saturated rings. The van der Waals surface area contributed by atoms with Crippen molar-refractivity contribution in [2.75, 3.05) is 19.6 Å². The third-order valence-electron chi connectivity index (χ3n) is 3.82. The van der Waals surface area contributed by atoms with E-state index >= 15 is 0 Å². The lowest BCUT2D eigenvalue weighted by Gasteiger charge is -2.15. The Morgan fingerprint density at radius 2 is 1.91 bits per heavy atom. The fourth-order valence-corrected chi connectivity index (χ4v) is 2.80. The van der Waals surface area contributed by atoms with Crippen LogP contribution in [-0.4, -0.2) is 46.5 Å². The van der Waals surface area contributed by atoms with Crippen molar-refractivity contribution in [1.82, 2.24) is 20.4 Å². The fourth-order valence-electron chi connectivity index (χ4n) is 2.54. The number of hydrogen-bond donors (Lipinski definition) is 2. The molecule has 2 amide bonds. The summed E-state index contributed by atoms with van der Waals surface area (Å²) in [5, 5.41) is 9.50. The number of carbonyl (C=O) groups is 2. The van der Waals surface area contributed by atoms with Crippen molar-refractivity contribution in [2.45, 2.75) is 12.8 Å². The Morgan fingerprint density at radius 1 is 1.22 bits per heavy atom. The van der Waals surface area contributed by atoms with Gasteiger partial charge in [-0.3, -0.25) is 14.7 Å². The molecule has 1 aromatic heterocycles. The molecule has 0 aliphatic carbocycles. The summed E-state index contributed by atoms with van der Waals surface area (Å²) >= 11 is 3.38. The molecule has 0 atom stereocenters. The largest absolute Gasteiger partial charge is 0.342 e. The van der Waals surface area contributed by atoms with Crippen molar-refractivity contribution in [1.29, 1.82) is 0 Å². The first-order valence-electron chi connectivity index (χ1n) is 7.51. The second kappa shape index (κ2) is 6.95. The van der Waals surface area contributed by atoms with Crippen molar-refractivity contribution in [3.8, 4) is 11.3 Å². The smallest absolute Gasteiger partial charge is 0.269 e. The van der Waals surface area contributed by atoms with E-state index in [-0.39, 0.29) is 18.4 Å². The number of benzene rings is 1. The summed E-state index contributed by atoms with van der Waals surface area (Å²) in [6, 6.07) is 9.34. The van der Waals surface area contributed by atoms with Crippen molar-refractivity contribution < 1.29 is 9.59 Å². The van der Waals surface area contributed by atoms with Crippen LogP contribution >= 0.6 is 15.9 Å². The summed E-state index contributed by atoms with van der Waals surface area (Å²) in [5.74, 6) is -0.364.